The average molecular weight is 406 g/mol. The maximum Gasteiger partial charge on any atom is 0.296 e. The summed E-state index contributed by atoms with van der Waals surface area (Å²) in [5, 5.41) is 0. The number of piperidine rings is 1. The lowest BCUT2D eigenvalue weighted by Gasteiger charge is -2.38. The summed E-state index contributed by atoms with van der Waals surface area (Å²) in [6, 6.07) is 14.8. The van der Waals surface area contributed by atoms with E-state index in [2.05, 4.69) is 11.8 Å². The number of unbranched alkanes of at least 4 members (excludes halogenated alkanes) is 1. The Hall–Kier alpha value is -1.76. The van der Waals surface area contributed by atoms with Crippen LogP contribution in [0.15, 0.2) is 59.5 Å². The van der Waals surface area contributed by atoms with Crippen molar-refractivity contribution < 1.29 is 17.0 Å². The van der Waals surface area contributed by atoms with Gasteiger partial charge in [0, 0.05) is 12.5 Å². The Kier molecular flexibility index (Phi) is 7.21. The summed E-state index contributed by atoms with van der Waals surface area (Å²) in [4.78, 5) is 2.55. The van der Waals surface area contributed by atoms with Gasteiger partial charge in [-0.2, -0.15) is 8.42 Å². The molecule has 0 radical (unpaired) electrons. The molecule has 0 unspecified atom stereocenters. The molecule has 0 bridgehead atoms. The van der Waals surface area contributed by atoms with E-state index >= 15 is 0 Å². The first-order valence-corrected chi connectivity index (χ1v) is 11.3. The Labute approximate surface area is 167 Å². The molecule has 1 heterocycles. The third-order valence-electron chi connectivity index (χ3n) is 5.41. The number of hydrogen-bond acceptors (Lipinski definition) is 4. The second kappa shape index (κ2) is 9.63. The molecule has 1 aliphatic rings. The molecule has 0 amide bonds. The van der Waals surface area contributed by atoms with Crippen LogP contribution in [-0.2, 0) is 14.3 Å². The Morgan fingerprint density at radius 2 is 1.82 bits per heavy atom. The van der Waals surface area contributed by atoms with Crippen LogP contribution in [-0.4, -0.2) is 39.6 Å². The highest BCUT2D eigenvalue weighted by Gasteiger charge is 2.32. The van der Waals surface area contributed by atoms with E-state index in [4.69, 9.17) is 4.18 Å². The molecule has 6 heteroatoms. The van der Waals surface area contributed by atoms with E-state index in [1.807, 2.05) is 0 Å². The third-order valence-corrected chi connectivity index (χ3v) is 6.71. The minimum atomic E-state index is -3.78. The van der Waals surface area contributed by atoms with Crippen molar-refractivity contribution in [2.75, 3.05) is 26.2 Å². The van der Waals surface area contributed by atoms with Crippen LogP contribution in [0.2, 0.25) is 0 Å². The highest BCUT2D eigenvalue weighted by atomic mass is 32.2. The van der Waals surface area contributed by atoms with E-state index in [0.29, 0.717) is 0 Å². The van der Waals surface area contributed by atoms with Crippen LogP contribution >= 0.6 is 0 Å². The minimum absolute atomic E-state index is 0.0366. The first kappa shape index (κ1) is 21.0. The summed E-state index contributed by atoms with van der Waals surface area (Å²) >= 11 is 0. The first-order valence-electron chi connectivity index (χ1n) is 9.92. The van der Waals surface area contributed by atoms with Crippen molar-refractivity contribution in [3.8, 4) is 0 Å². The minimum Gasteiger partial charge on any atom is -0.303 e. The van der Waals surface area contributed by atoms with Gasteiger partial charge in [0.2, 0.25) is 0 Å². The molecule has 0 aliphatic carbocycles. The van der Waals surface area contributed by atoms with Crippen molar-refractivity contribution in [3.05, 3.63) is 66.0 Å². The topological polar surface area (TPSA) is 46.6 Å². The van der Waals surface area contributed by atoms with Gasteiger partial charge in [-0.05, 0) is 61.7 Å². The monoisotopic (exact) mass is 405 g/mol. The predicted octanol–water partition coefficient (Wildman–Crippen LogP) is 4.44. The summed E-state index contributed by atoms with van der Waals surface area (Å²) < 4.78 is 43.8. The zero-order valence-corrected chi connectivity index (χ0v) is 17.1. The van der Waals surface area contributed by atoms with E-state index in [-0.39, 0.29) is 29.2 Å². The van der Waals surface area contributed by atoms with Gasteiger partial charge in [-0.1, -0.05) is 43.7 Å². The molecule has 0 N–H and O–H groups in total. The quantitative estimate of drug-likeness (QED) is 0.609. The van der Waals surface area contributed by atoms with Crippen molar-refractivity contribution in [1.29, 1.82) is 0 Å². The van der Waals surface area contributed by atoms with Gasteiger partial charge in [-0.3, -0.25) is 4.18 Å². The summed E-state index contributed by atoms with van der Waals surface area (Å²) in [6.45, 7) is 5.05. The van der Waals surface area contributed by atoms with Gasteiger partial charge >= 0.3 is 0 Å². The molecule has 4 nitrogen and oxygen atoms in total. The maximum atomic E-state index is 13.3. The number of likely N-dealkylation sites (tertiary alicyclic amines) is 1. The highest BCUT2D eigenvalue weighted by Crippen LogP contribution is 2.34. The van der Waals surface area contributed by atoms with E-state index in [9.17, 15) is 12.8 Å². The molecule has 152 valence electrons. The molecule has 28 heavy (non-hydrogen) atoms. The van der Waals surface area contributed by atoms with Gasteiger partial charge in [0.05, 0.1) is 11.5 Å². The molecule has 0 spiro atoms. The van der Waals surface area contributed by atoms with E-state index in [0.717, 1.165) is 44.5 Å². The Morgan fingerprint density at radius 1 is 1.11 bits per heavy atom. The van der Waals surface area contributed by atoms with Crippen LogP contribution in [0.1, 0.15) is 37.7 Å². The Bertz CT molecular complexity index is 840. The van der Waals surface area contributed by atoms with Gasteiger partial charge < -0.3 is 4.90 Å². The second-order valence-corrected chi connectivity index (χ2v) is 9.03. The molecule has 1 saturated heterocycles. The summed E-state index contributed by atoms with van der Waals surface area (Å²) in [5.41, 5.74) is 1.04. The zero-order valence-electron chi connectivity index (χ0n) is 16.3. The lowest BCUT2D eigenvalue weighted by molar-refractivity contribution is 0.112. The summed E-state index contributed by atoms with van der Waals surface area (Å²) in [6.07, 6.45) is 3.16. The molecule has 1 fully saturated rings. The fourth-order valence-corrected chi connectivity index (χ4v) is 4.82. The summed E-state index contributed by atoms with van der Waals surface area (Å²) in [5.74, 6) is -0.0670. The molecule has 2 aromatic rings. The van der Waals surface area contributed by atoms with Crippen LogP contribution in [0.5, 0.6) is 0 Å². The fourth-order valence-electron chi connectivity index (χ4n) is 3.84. The maximum absolute atomic E-state index is 13.3. The van der Waals surface area contributed by atoms with Crippen LogP contribution in [0.4, 0.5) is 4.39 Å². The van der Waals surface area contributed by atoms with E-state index in [1.165, 1.54) is 12.1 Å². The van der Waals surface area contributed by atoms with Gasteiger partial charge in [-0.15, -0.1) is 0 Å². The number of halogens is 1. The zero-order chi connectivity index (χ0) is 20.0. The lowest BCUT2D eigenvalue weighted by Crippen LogP contribution is -2.42. The lowest BCUT2D eigenvalue weighted by atomic mass is 9.81. The van der Waals surface area contributed by atoms with E-state index < -0.39 is 10.1 Å². The van der Waals surface area contributed by atoms with Gasteiger partial charge in [-0.25, -0.2) is 4.39 Å². The van der Waals surface area contributed by atoms with Crippen molar-refractivity contribution in [2.24, 2.45) is 5.92 Å². The van der Waals surface area contributed by atoms with Crippen LogP contribution in [0.25, 0.3) is 0 Å². The smallest absolute Gasteiger partial charge is 0.296 e. The number of benzene rings is 2. The Balaban J connectivity index is 1.74. The second-order valence-electron chi connectivity index (χ2n) is 7.41. The standard InChI is InChI=1S/C22H28FNO3S/c1-2-3-14-24-15-13-22(18-9-11-20(23)12-10-18)19(16-24)17-27-28(25,26)21-7-5-4-6-8-21/h4-12,19,22H,2-3,13-17H2,1H3/t19-,22+/m1/s1. The normalized spacial score (nSPS) is 20.9. The largest absolute Gasteiger partial charge is 0.303 e. The highest BCUT2D eigenvalue weighted by molar-refractivity contribution is 7.86. The molecule has 2 atom stereocenters. The molecule has 1 aliphatic heterocycles. The van der Waals surface area contributed by atoms with E-state index in [1.54, 1.807) is 42.5 Å². The number of hydrogen-bond donors (Lipinski definition) is 0. The fraction of sp³-hybridized carbons (Fsp3) is 0.455. The predicted molar refractivity (Wildman–Crippen MR) is 108 cm³/mol. The van der Waals surface area contributed by atoms with Crippen molar-refractivity contribution in [2.45, 2.75) is 37.0 Å². The molecule has 0 aromatic heterocycles. The Morgan fingerprint density at radius 3 is 2.50 bits per heavy atom. The number of nitrogens with zero attached hydrogens (tertiary/aromatic N) is 1. The van der Waals surface area contributed by atoms with Crippen molar-refractivity contribution in [1.82, 2.24) is 4.90 Å². The van der Waals surface area contributed by atoms with Gasteiger partial charge in [0.25, 0.3) is 10.1 Å². The van der Waals surface area contributed by atoms with Gasteiger partial charge in [0.1, 0.15) is 5.82 Å². The average Bonchev–Trinajstić information content (AvgIpc) is 2.72. The van der Waals surface area contributed by atoms with Crippen molar-refractivity contribution >= 4 is 10.1 Å². The first-order chi connectivity index (χ1) is 13.5. The molecule has 0 saturated carbocycles. The van der Waals surface area contributed by atoms with Crippen LogP contribution in [0, 0.1) is 11.7 Å². The third kappa shape index (κ3) is 5.40. The van der Waals surface area contributed by atoms with Crippen molar-refractivity contribution in [3.63, 3.8) is 0 Å². The molecular weight excluding hydrogens is 377 g/mol. The molecular formula is C22H28FNO3S. The van der Waals surface area contributed by atoms with Gasteiger partial charge in [0.15, 0.2) is 0 Å². The van der Waals surface area contributed by atoms with Crippen LogP contribution < -0.4 is 0 Å². The molecule has 3 rings (SSSR count). The molecule has 2 aromatic carbocycles. The number of rotatable bonds is 8. The van der Waals surface area contributed by atoms with Crippen LogP contribution in [0.3, 0.4) is 0 Å². The SMILES string of the molecule is CCCCN1CC[C@@H](c2ccc(F)cc2)[C@@H](COS(=O)(=O)c2ccccc2)C1. The summed E-state index contributed by atoms with van der Waals surface area (Å²) in [7, 11) is -3.78.